The number of carbonyl (C=O) groups is 1. The molecule has 2 aromatic carbocycles. The predicted octanol–water partition coefficient (Wildman–Crippen LogP) is 4.67. The molecule has 0 aliphatic carbocycles. The summed E-state index contributed by atoms with van der Waals surface area (Å²) in [6, 6.07) is 2.15. The Morgan fingerprint density at radius 2 is 1.60 bits per heavy atom. The molecule has 0 saturated carbocycles. The van der Waals surface area contributed by atoms with Crippen molar-refractivity contribution in [2.45, 2.75) is 22.8 Å². The van der Waals surface area contributed by atoms with Gasteiger partial charge in [-0.2, -0.15) is 50.9 Å². The number of benzene rings is 2. The summed E-state index contributed by atoms with van der Waals surface area (Å²) >= 11 is 17.8. The summed E-state index contributed by atoms with van der Waals surface area (Å²) in [6.45, 7) is 1.34. The first kappa shape index (κ1) is 29.8. The summed E-state index contributed by atoms with van der Waals surface area (Å²) in [5, 5.41) is 10.5. The zero-order chi connectivity index (χ0) is 29.7. The molecule has 40 heavy (non-hydrogen) atoms. The summed E-state index contributed by atoms with van der Waals surface area (Å²) < 4.78 is 93.3. The number of hydrogen-bond donors (Lipinski definition) is 2. The maximum atomic E-state index is 13.9. The van der Waals surface area contributed by atoms with Crippen molar-refractivity contribution in [3.8, 4) is 11.3 Å². The maximum absolute atomic E-state index is 13.9. The van der Waals surface area contributed by atoms with Gasteiger partial charge in [0.15, 0.2) is 6.04 Å². The van der Waals surface area contributed by atoms with Crippen LogP contribution in [0.25, 0.3) is 11.3 Å². The molecule has 1 aromatic heterocycles. The molecule has 13 nitrogen and oxygen atoms in total. The molecular weight excluding hydrogens is 645 g/mol. The van der Waals surface area contributed by atoms with E-state index < -0.39 is 75.4 Å². The highest BCUT2D eigenvalue weighted by Crippen LogP contribution is 2.38. The van der Waals surface area contributed by atoms with Crippen LogP contribution < -0.4 is 5.01 Å². The fourth-order valence-electron chi connectivity index (χ4n) is 3.42. The number of halogens is 5. The largest absolute Gasteiger partial charge is 0.311 e. The molecule has 1 atom stereocenters. The zero-order valence-corrected chi connectivity index (χ0v) is 23.2. The van der Waals surface area contributed by atoms with Gasteiger partial charge in [0.25, 0.3) is 26.1 Å². The lowest BCUT2D eigenvalue weighted by atomic mass is 10.0. The van der Waals surface area contributed by atoms with E-state index in [1.165, 1.54) is 6.92 Å². The Hall–Kier alpha value is -3.19. The third kappa shape index (κ3) is 5.80. The van der Waals surface area contributed by atoms with Gasteiger partial charge in [-0.05, 0) is 36.8 Å². The summed E-state index contributed by atoms with van der Waals surface area (Å²) in [4.78, 5) is 17.7. The van der Waals surface area contributed by atoms with Gasteiger partial charge in [0.1, 0.15) is 20.5 Å². The number of nitrogens with zero attached hydrogens (tertiary/aromatic N) is 6. The SMILES string of the molecule is Cc1cc(S(=O)(=O)O)c(N=NC2C=NN(c3cc(Cl)c(S(=O)(=O)O)cc3Cl)C2=O)cc1-c1nc(F)nc(F)c1Cl. The fraction of sp³-hybridized carbons (Fsp3) is 0.100. The molecular formula is C20H11Cl3F2N6O7S2. The van der Waals surface area contributed by atoms with E-state index in [0.717, 1.165) is 30.5 Å². The molecule has 0 spiro atoms. The Bertz CT molecular complexity index is 1870. The number of azo groups is 1. The van der Waals surface area contributed by atoms with Gasteiger partial charge in [-0.15, -0.1) is 0 Å². The molecule has 1 aliphatic heterocycles. The molecule has 0 saturated heterocycles. The van der Waals surface area contributed by atoms with E-state index in [1.807, 2.05) is 0 Å². The minimum atomic E-state index is -4.92. The second-order valence-electron chi connectivity index (χ2n) is 7.84. The van der Waals surface area contributed by atoms with Crippen LogP contribution in [0.5, 0.6) is 0 Å². The van der Waals surface area contributed by atoms with Gasteiger partial charge in [0.05, 0.1) is 27.6 Å². The predicted molar refractivity (Wildman–Crippen MR) is 138 cm³/mol. The van der Waals surface area contributed by atoms with Crippen LogP contribution in [0.15, 0.2) is 49.4 Å². The van der Waals surface area contributed by atoms with Gasteiger partial charge in [0.2, 0.25) is 5.95 Å². The van der Waals surface area contributed by atoms with Crippen molar-refractivity contribution >= 4 is 78.5 Å². The Balaban J connectivity index is 1.73. The van der Waals surface area contributed by atoms with Gasteiger partial charge >= 0.3 is 6.08 Å². The lowest BCUT2D eigenvalue weighted by Gasteiger charge is -2.15. The molecule has 0 bridgehead atoms. The van der Waals surface area contributed by atoms with E-state index in [4.69, 9.17) is 34.8 Å². The van der Waals surface area contributed by atoms with E-state index in [1.54, 1.807) is 0 Å². The number of anilines is 1. The first-order valence-electron chi connectivity index (χ1n) is 10.3. The number of aromatic nitrogens is 2. The van der Waals surface area contributed by atoms with Crippen LogP contribution in [0, 0.1) is 18.9 Å². The lowest BCUT2D eigenvalue weighted by molar-refractivity contribution is -0.117. The van der Waals surface area contributed by atoms with Crippen LogP contribution in [-0.4, -0.2) is 54.1 Å². The maximum Gasteiger partial charge on any atom is 0.311 e. The van der Waals surface area contributed by atoms with E-state index >= 15 is 0 Å². The van der Waals surface area contributed by atoms with Crippen LogP contribution in [0.1, 0.15) is 5.56 Å². The second kappa shape index (κ2) is 10.7. The third-order valence-corrected chi connectivity index (χ3v) is 8.04. The highest BCUT2D eigenvalue weighted by molar-refractivity contribution is 7.86. The van der Waals surface area contributed by atoms with E-state index in [2.05, 4.69) is 25.3 Å². The second-order valence-corrected chi connectivity index (χ2v) is 11.8. The average Bonchev–Trinajstić information content (AvgIpc) is 3.20. The quantitative estimate of drug-likeness (QED) is 0.164. The number of hydrogen-bond acceptors (Lipinski definition) is 10. The molecule has 2 N–H and O–H groups in total. The van der Waals surface area contributed by atoms with Crippen molar-refractivity contribution in [3.63, 3.8) is 0 Å². The number of amides is 1. The molecule has 1 aliphatic rings. The van der Waals surface area contributed by atoms with Crippen LogP contribution >= 0.6 is 34.8 Å². The molecule has 4 rings (SSSR count). The Morgan fingerprint density at radius 3 is 2.23 bits per heavy atom. The third-order valence-electron chi connectivity index (χ3n) is 5.20. The highest BCUT2D eigenvalue weighted by Gasteiger charge is 2.33. The lowest BCUT2D eigenvalue weighted by Crippen LogP contribution is -2.28. The van der Waals surface area contributed by atoms with Gasteiger partial charge < -0.3 is 0 Å². The van der Waals surface area contributed by atoms with Crippen molar-refractivity contribution in [3.05, 3.63) is 56.9 Å². The van der Waals surface area contributed by atoms with E-state index in [9.17, 15) is 39.5 Å². The van der Waals surface area contributed by atoms with Crippen molar-refractivity contribution in [1.29, 1.82) is 0 Å². The van der Waals surface area contributed by atoms with Crippen molar-refractivity contribution < 1.29 is 39.5 Å². The van der Waals surface area contributed by atoms with Crippen molar-refractivity contribution in [2.75, 3.05) is 5.01 Å². The number of hydrazone groups is 1. The topological polar surface area (TPSA) is 192 Å². The summed E-state index contributed by atoms with van der Waals surface area (Å²) in [5.74, 6) is -2.29. The number of aryl methyl sites for hydroxylation is 1. The molecule has 0 fully saturated rings. The van der Waals surface area contributed by atoms with E-state index in [-0.39, 0.29) is 21.8 Å². The standard InChI is InChI=1S/C20H11Cl3F2N6O7S2/c1-7-2-15(40(36,37)38)11(3-8(7)17-16(23)18(24)28-20(25)27-17)29-30-12-6-26-31(19(12)32)13-4-10(22)14(5-9(13)21)39(33,34)35/h2-6,12H,1H3,(H,33,34,35)(H,36,37,38). The Labute approximate surface area is 238 Å². The highest BCUT2D eigenvalue weighted by atomic mass is 35.5. The fourth-order valence-corrected chi connectivity index (χ4v) is 5.63. The van der Waals surface area contributed by atoms with Crippen molar-refractivity contribution in [2.24, 2.45) is 15.3 Å². The van der Waals surface area contributed by atoms with Gasteiger partial charge in [-0.25, -0.2) is 4.98 Å². The zero-order valence-electron chi connectivity index (χ0n) is 19.3. The average molecular weight is 656 g/mol. The summed E-state index contributed by atoms with van der Waals surface area (Å²) in [6.07, 6.45) is -0.490. The van der Waals surface area contributed by atoms with Gasteiger partial charge in [-0.1, -0.05) is 34.8 Å². The van der Waals surface area contributed by atoms with Crippen LogP contribution in [0.2, 0.25) is 15.1 Å². The van der Waals surface area contributed by atoms with Crippen LogP contribution in [0.3, 0.4) is 0 Å². The number of rotatable bonds is 6. The Morgan fingerprint density at radius 1 is 0.950 bits per heavy atom. The normalized spacial score (nSPS) is 15.9. The van der Waals surface area contributed by atoms with Crippen LogP contribution in [-0.2, 0) is 25.0 Å². The summed E-state index contributed by atoms with van der Waals surface area (Å²) in [7, 11) is -9.65. The molecule has 20 heteroatoms. The minimum Gasteiger partial charge on any atom is -0.282 e. The Kier molecular flexibility index (Phi) is 7.94. The molecule has 0 radical (unpaired) electrons. The molecule has 3 aromatic rings. The smallest absolute Gasteiger partial charge is 0.282 e. The van der Waals surface area contributed by atoms with E-state index in [0.29, 0.717) is 5.01 Å². The minimum absolute atomic E-state index is 0.0653. The summed E-state index contributed by atoms with van der Waals surface area (Å²) in [5.41, 5.74) is -1.23. The number of carbonyl (C=O) groups excluding carboxylic acids is 1. The van der Waals surface area contributed by atoms with Gasteiger partial charge in [-0.3, -0.25) is 13.9 Å². The monoisotopic (exact) mass is 654 g/mol. The van der Waals surface area contributed by atoms with Crippen molar-refractivity contribution in [1.82, 2.24) is 9.97 Å². The van der Waals surface area contributed by atoms with Gasteiger partial charge in [0, 0.05) is 5.56 Å². The molecule has 2 heterocycles. The van der Waals surface area contributed by atoms with Crippen LogP contribution in [0.4, 0.5) is 20.2 Å². The first-order valence-corrected chi connectivity index (χ1v) is 14.3. The molecule has 1 amide bonds. The molecule has 1 unspecified atom stereocenters. The molecule has 210 valence electrons. The first-order chi connectivity index (χ1) is 18.5.